The standard InChI is InChI=1S/C14H22N4O/c1-2-7-18-13(11-3-4-11)12(10-16-18)14(19)17-8-5-15-6-9-17/h10-11,15H,2-9H2,1H3. The average Bonchev–Trinajstić information content (AvgIpc) is 3.21. The summed E-state index contributed by atoms with van der Waals surface area (Å²) in [5.74, 6) is 0.738. The third kappa shape index (κ3) is 2.52. The number of carbonyl (C=O) groups excluding carboxylic acids is 1. The highest BCUT2D eigenvalue weighted by atomic mass is 16.2. The van der Waals surface area contributed by atoms with Crippen molar-refractivity contribution in [1.82, 2.24) is 20.0 Å². The van der Waals surface area contributed by atoms with E-state index >= 15 is 0 Å². The highest BCUT2D eigenvalue weighted by molar-refractivity contribution is 5.95. The van der Waals surface area contributed by atoms with Gasteiger partial charge in [-0.3, -0.25) is 9.48 Å². The number of piperazine rings is 1. The van der Waals surface area contributed by atoms with E-state index < -0.39 is 0 Å². The van der Waals surface area contributed by atoms with Gasteiger partial charge in [-0.15, -0.1) is 0 Å². The van der Waals surface area contributed by atoms with Crippen LogP contribution in [0.25, 0.3) is 0 Å². The van der Waals surface area contributed by atoms with Crippen LogP contribution >= 0.6 is 0 Å². The lowest BCUT2D eigenvalue weighted by molar-refractivity contribution is 0.0734. The van der Waals surface area contributed by atoms with Crippen molar-refractivity contribution >= 4 is 5.91 Å². The fourth-order valence-electron chi connectivity index (χ4n) is 2.78. The molecule has 0 spiro atoms. The Bertz CT molecular complexity index is 458. The molecule has 1 saturated heterocycles. The maximum Gasteiger partial charge on any atom is 0.257 e. The number of hydrogen-bond donors (Lipinski definition) is 1. The van der Waals surface area contributed by atoms with Crippen LogP contribution in [0.15, 0.2) is 6.20 Å². The summed E-state index contributed by atoms with van der Waals surface area (Å²) in [5, 5.41) is 7.72. The van der Waals surface area contributed by atoms with Gasteiger partial charge in [-0.1, -0.05) is 6.92 Å². The second-order valence-corrected chi connectivity index (χ2v) is 5.48. The van der Waals surface area contributed by atoms with Crippen LogP contribution in [0.2, 0.25) is 0 Å². The zero-order valence-corrected chi connectivity index (χ0v) is 11.6. The van der Waals surface area contributed by atoms with Gasteiger partial charge in [0.15, 0.2) is 0 Å². The molecule has 104 valence electrons. The largest absolute Gasteiger partial charge is 0.336 e. The van der Waals surface area contributed by atoms with Crippen molar-refractivity contribution in [2.45, 2.75) is 38.6 Å². The molecule has 0 atom stereocenters. The van der Waals surface area contributed by atoms with E-state index in [1.54, 1.807) is 6.20 Å². The Morgan fingerprint density at radius 2 is 2.16 bits per heavy atom. The van der Waals surface area contributed by atoms with Crippen molar-refractivity contribution in [3.63, 3.8) is 0 Å². The molecule has 19 heavy (non-hydrogen) atoms. The number of hydrogen-bond acceptors (Lipinski definition) is 3. The summed E-state index contributed by atoms with van der Waals surface area (Å²) in [6.07, 6.45) is 5.25. The van der Waals surface area contributed by atoms with Gasteiger partial charge in [-0.2, -0.15) is 5.10 Å². The second kappa shape index (κ2) is 5.33. The number of rotatable bonds is 4. The van der Waals surface area contributed by atoms with Crippen LogP contribution in [0.1, 0.15) is 48.2 Å². The Hall–Kier alpha value is -1.36. The molecule has 0 bridgehead atoms. The summed E-state index contributed by atoms with van der Waals surface area (Å²) >= 11 is 0. The third-order valence-corrected chi connectivity index (χ3v) is 3.91. The SMILES string of the molecule is CCCn1ncc(C(=O)N2CCNCC2)c1C1CC1. The lowest BCUT2D eigenvalue weighted by atomic mass is 10.1. The summed E-state index contributed by atoms with van der Waals surface area (Å²) in [7, 11) is 0. The Labute approximate surface area is 114 Å². The van der Waals surface area contributed by atoms with E-state index in [1.807, 2.05) is 9.58 Å². The number of nitrogens with zero attached hydrogens (tertiary/aromatic N) is 3. The van der Waals surface area contributed by atoms with Gasteiger partial charge in [-0.05, 0) is 19.3 Å². The van der Waals surface area contributed by atoms with Crippen LogP contribution in [-0.2, 0) is 6.54 Å². The first kappa shape index (κ1) is 12.7. The van der Waals surface area contributed by atoms with Crippen LogP contribution in [0.3, 0.4) is 0 Å². The third-order valence-electron chi connectivity index (χ3n) is 3.91. The second-order valence-electron chi connectivity index (χ2n) is 5.48. The molecule has 1 N–H and O–H groups in total. The van der Waals surface area contributed by atoms with Crippen molar-refractivity contribution in [2.24, 2.45) is 0 Å². The van der Waals surface area contributed by atoms with Crippen LogP contribution < -0.4 is 5.32 Å². The van der Waals surface area contributed by atoms with Gasteiger partial charge in [0.05, 0.1) is 17.5 Å². The maximum atomic E-state index is 12.6. The van der Waals surface area contributed by atoms with Gasteiger partial charge < -0.3 is 10.2 Å². The molecule has 2 aliphatic rings. The Kier molecular flexibility index (Phi) is 3.55. The Morgan fingerprint density at radius 3 is 2.79 bits per heavy atom. The van der Waals surface area contributed by atoms with Crippen molar-refractivity contribution in [1.29, 1.82) is 0 Å². The lowest BCUT2D eigenvalue weighted by Gasteiger charge is -2.27. The highest BCUT2D eigenvalue weighted by Crippen LogP contribution is 2.42. The fourth-order valence-corrected chi connectivity index (χ4v) is 2.78. The smallest absolute Gasteiger partial charge is 0.257 e. The van der Waals surface area contributed by atoms with Crippen molar-refractivity contribution in [3.05, 3.63) is 17.5 Å². The van der Waals surface area contributed by atoms with Crippen molar-refractivity contribution in [3.8, 4) is 0 Å². The normalized spacial score (nSPS) is 19.7. The van der Waals surface area contributed by atoms with Crippen LogP contribution in [0, 0.1) is 0 Å². The van der Waals surface area contributed by atoms with Crippen LogP contribution in [0.4, 0.5) is 0 Å². The zero-order chi connectivity index (χ0) is 13.2. The predicted octanol–water partition coefficient (Wildman–Crippen LogP) is 1.22. The van der Waals surface area contributed by atoms with Crippen molar-refractivity contribution in [2.75, 3.05) is 26.2 Å². The minimum Gasteiger partial charge on any atom is -0.336 e. The lowest BCUT2D eigenvalue weighted by Crippen LogP contribution is -2.46. The first-order valence-corrected chi connectivity index (χ1v) is 7.37. The molecule has 2 fully saturated rings. The summed E-state index contributed by atoms with van der Waals surface area (Å²) in [6, 6.07) is 0. The number of aromatic nitrogens is 2. The van der Waals surface area contributed by atoms with E-state index in [9.17, 15) is 4.79 Å². The summed E-state index contributed by atoms with van der Waals surface area (Å²) in [4.78, 5) is 14.6. The molecule has 5 nitrogen and oxygen atoms in total. The van der Waals surface area contributed by atoms with Crippen molar-refractivity contribution < 1.29 is 4.79 Å². The van der Waals surface area contributed by atoms with Gasteiger partial charge in [0, 0.05) is 38.6 Å². The van der Waals surface area contributed by atoms with Crippen LogP contribution in [0.5, 0.6) is 0 Å². The first-order valence-electron chi connectivity index (χ1n) is 7.37. The molecule has 1 amide bonds. The number of amides is 1. The minimum absolute atomic E-state index is 0.172. The average molecular weight is 262 g/mol. The molecule has 5 heteroatoms. The molecule has 1 saturated carbocycles. The molecule has 1 aromatic rings. The summed E-state index contributed by atoms with van der Waals surface area (Å²) in [5.41, 5.74) is 2.03. The van der Waals surface area contributed by atoms with Gasteiger partial charge in [0.2, 0.25) is 0 Å². The monoisotopic (exact) mass is 262 g/mol. The predicted molar refractivity (Wildman–Crippen MR) is 73.3 cm³/mol. The molecular formula is C14H22N4O. The van der Waals surface area contributed by atoms with E-state index in [1.165, 1.54) is 18.5 Å². The molecule has 1 aliphatic heterocycles. The highest BCUT2D eigenvalue weighted by Gasteiger charge is 2.33. The van der Waals surface area contributed by atoms with Gasteiger partial charge in [-0.25, -0.2) is 0 Å². The molecule has 1 aliphatic carbocycles. The van der Waals surface area contributed by atoms with E-state index in [0.717, 1.165) is 44.7 Å². The zero-order valence-electron chi connectivity index (χ0n) is 11.6. The van der Waals surface area contributed by atoms with E-state index in [2.05, 4.69) is 17.3 Å². The van der Waals surface area contributed by atoms with E-state index in [0.29, 0.717) is 5.92 Å². The molecule has 2 heterocycles. The fraction of sp³-hybridized carbons (Fsp3) is 0.714. The molecule has 1 aromatic heterocycles. The van der Waals surface area contributed by atoms with E-state index in [4.69, 9.17) is 0 Å². The summed E-state index contributed by atoms with van der Waals surface area (Å²) in [6.45, 7) is 6.47. The summed E-state index contributed by atoms with van der Waals surface area (Å²) < 4.78 is 2.05. The van der Waals surface area contributed by atoms with E-state index in [-0.39, 0.29) is 5.91 Å². The number of carbonyl (C=O) groups is 1. The molecule has 0 aromatic carbocycles. The number of aryl methyl sites for hydroxylation is 1. The van der Waals surface area contributed by atoms with Gasteiger partial charge in [0.1, 0.15) is 0 Å². The van der Waals surface area contributed by atoms with Gasteiger partial charge in [0.25, 0.3) is 5.91 Å². The molecular weight excluding hydrogens is 240 g/mol. The first-order chi connectivity index (χ1) is 9.31. The Morgan fingerprint density at radius 1 is 1.42 bits per heavy atom. The number of nitrogens with one attached hydrogen (secondary N) is 1. The minimum atomic E-state index is 0.172. The Balaban J connectivity index is 1.84. The molecule has 3 rings (SSSR count). The van der Waals surface area contributed by atoms with Gasteiger partial charge >= 0.3 is 0 Å². The van der Waals surface area contributed by atoms with Crippen LogP contribution in [-0.4, -0.2) is 46.8 Å². The topological polar surface area (TPSA) is 50.2 Å². The quantitative estimate of drug-likeness (QED) is 0.887. The molecule has 0 radical (unpaired) electrons. The maximum absolute atomic E-state index is 12.6. The molecule has 0 unspecified atom stereocenters.